The first-order chi connectivity index (χ1) is 11.2. The summed E-state index contributed by atoms with van der Waals surface area (Å²) in [5.74, 6) is 0.688. The van der Waals surface area contributed by atoms with Crippen LogP contribution in [0.25, 0.3) is 0 Å². The van der Waals surface area contributed by atoms with Crippen LogP contribution in [0.5, 0.6) is 0 Å². The predicted octanol–water partition coefficient (Wildman–Crippen LogP) is 2.32. The molecule has 1 aromatic heterocycles. The molecule has 1 aromatic carbocycles. The fourth-order valence-electron chi connectivity index (χ4n) is 2.65. The van der Waals surface area contributed by atoms with E-state index in [2.05, 4.69) is 15.0 Å². The number of benzene rings is 1. The van der Waals surface area contributed by atoms with Crippen molar-refractivity contribution >= 4 is 5.69 Å². The Labute approximate surface area is 132 Å². The summed E-state index contributed by atoms with van der Waals surface area (Å²) in [6.07, 6.45) is 3.55. The van der Waals surface area contributed by atoms with Crippen LogP contribution in [0.4, 0.5) is 10.1 Å². The molecule has 122 valence electrons. The summed E-state index contributed by atoms with van der Waals surface area (Å²) in [6.45, 7) is 0.671. The van der Waals surface area contributed by atoms with Gasteiger partial charge in [-0.3, -0.25) is 15.0 Å². The third-order valence-electron chi connectivity index (χ3n) is 3.96. The van der Waals surface area contributed by atoms with Crippen LogP contribution in [0.3, 0.4) is 0 Å². The Bertz CT molecular complexity index is 686. The SMILES string of the molecule is O=[N+]([O-])c1ccccc1CN(Cc1ncnn1CCF)C1CC1. The molecule has 8 heteroatoms. The van der Waals surface area contributed by atoms with Gasteiger partial charge >= 0.3 is 0 Å². The van der Waals surface area contributed by atoms with Crippen molar-refractivity contribution < 1.29 is 9.31 Å². The van der Waals surface area contributed by atoms with Crippen molar-refractivity contribution in [2.75, 3.05) is 6.67 Å². The highest BCUT2D eigenvalue weighted by molar-refractivity contribution is 5.39. The second-order valence-corrected chi connectivity index (χ2v) is 5.61. The second-order valence-electron chi connectivity index (χ2n) is 5.61. The molecular weight excluding hydrogens is 301 g/mol. The van der Waals surface area contributed by atoms with Crippen LogP contribution in [0.2, 0.25) is 0 Å². The number of hydrogen-bond acceptors (Lipinski definition) is 5. The number of alkyl halides is 1. The van der Waals surface area contributed by atoms with E-state index in [4.69, 9.17) is 0 Å². The minimum Gasteiger partial charge on any atom is -0.288 e. The number of hydrogen-bond donors (Lipinski definition) is 0. The van der Waals surface area contributed by atoms with Crippen molar-refractivity contribution in [1.82, 2.24) is 19.7 Å². The normalized spacial score (nSPS) is 14.3. The van der Waals surface area contributed by atoms with Crippen LogP contribution in [0.15, 0.2) is 30.6 Å². The van der Waals surface area contributed by atoms with Crippen molar-refractivity contribution in [3.63, 3.8) is 0 Å². The molecule has 0 N–H and O–H groups in total. The number of rotatable bonds is 8. The molecule has 0 spiro atoms. The average molecular weight is 319 g/mol. The zero-order valence-corrected chi connectivity index (χ0v) is 12.6. The molecule has 2 aromatic rings. The molecular formula is C15H18FN5O2. The molecule has 1 aliphatic carbocycles. The van der Waals surface area contributed by atoms with E-state index >= 15 is 0 Å². The molecule has 1 saturated carbocycles. The van der Waals surface area contributed by atoms with Gasteiger partial charge in [-0.2, -0.15) is 5.10 Å². The Balaban J connectivity index is 1.78. The van der Waals surface area contributed by atoms with Crippen LogP contribution in [-0.2, 0) is 19.6 Å². The lowest BCUT2D eigenvalue weighted by atomic mass is 10.1. The molecule has 0 saturated heterocycles. The Hall–Kier alpha value is -2.35. The lowest BCUT2D eigenvalue weighted by Crippen LogP contribution is -2.27. The van der Waals surface area contributed by atoms with Crippen molar-refractivity contribution in [2.24, 2.45) is 0 Å². The molecule has 0 unspecified atom stereocenters. The number of aromatic nitrogens is 3. The standard InChI is InChI=1S/C15H18FN5O2/c16-7-8-20-15(17-11-18-20)10-19(13-5-6-13)9-12-3-1-2-4-14(12)21(22)23/h1-4,11,13H,5-10H2. The van der Waals surface area contributed by atoms with Crippen molar-refractivity contribution in [3.8, 4) is 0 Å². The molecule has 0 atom stereocenters. The fourth-order valence-corrected chi connectivity index (χ4v) is 2.65. The van der Waals surface area contributed by atoms with Crippen molar-refractivity contribution in [2.45, 2.75) is 38.5 Å². The van der Waals surface area contributed by atoms with Gasteiger partial charge in [-0.1, -0.05) is 18.2 Å². The van der Waals surface area contributed by atoms with Gasteiger partial charge in [0.15, 0.2) is 0 Å². The summed E-state index contributed by atoms with van der Waals surface area (Å²) in [6, 6.07) is 7.16. The molecule has 1 heterocycles. The van der Waals surface area contributed by atoms with Crippen LogP contribution in [0, 0.1) is 10.1 Å². The molecule has 3 rings (SSSR count). The summed E-state index contributed by atoms with van der Waals surface area (Å²) in [5, 5.41) is 15.2. The quantitative estimate of drug-likeness (QED) is 0.551. The number of halogens is 1. The minimum atomic E-state index is -0.496. The van der Waals surface area contributed by atoms with Gasteiger partial charge in [-0.15, -0.1) is 0 Å². The van der Waals surface area contributed by atoms with E-state index in [1.54, 1.807) is 22.9 Å². The van der Waals surface area contributed by atoms with Gasteiger partial charge < -0.3 is 0 Å². The largest absolute Gasteiger partial charge is 0.288 e. The van der Waals surface area contributed by atoms with E-state index in [-0.39, 0.29) is 17.2 Å². The van der Waals surface area contributed by atoms with E-state index < -0.39 is 6.67 Å². The summed E-state index contributed by atoms with van der Waals surface area (Å²) in [5.41, 5.74) is 0.810. The summed E-state index contributed by atoms with van der Waals surface area (Å²) in [7, 11) is 0. The van der Waals surface area contributed by atoms with Gasteiger partial charge in [0.2, 0.25) is 0 Å². The fraction of sp³-hybridized carbons (Fsp3) is 0.467. The van der Waals surface area contributed by atoms with E-state index in [1.807, 2.05) is 0 Å². The summed E-state index contributed by atoms with van der Waals surface area (Å²) in [4.78, 5) is 17.2. The van der Waals surface area contributed by atoms with Gasteiger partial charge in [0, 0.05) is 24.2 Å². The molecule has 0 radical (unpaired) electrons. The number of para-hydroxylation sites is 1. The Morgan fingerprint density at radius 1 is 1.35 bits per heavy atom. The van der Waals surface area contributed by atoms with Crippen molar-refractivity contribution in [1.29, 1.82) is 0 Å². The smallest absolute Gasteiger partial charge is 0.273 e. The minimum absolute atomic E-state index is 0.128. The number of nitro groups is 1. The second kappa shape index (κ2) is 6.82. The Kier molecular flexibility index (Phi) is 4.61. The molecule has 0 bridgehead atoms. The molecule has 23 heavy (non-hydrogen) atoms. The third kappa shape index (κ3) is 3.70. The summed E-state index contributed by atoms with van der Waals surface area (Å²) < 4.78 is 14.1. The molecule has 1 fully saturated rings. The van der Waals surface area contributed by atoms with Crippen LogP contribution < -0.4 is 0 Å². The van der Waals surface area contributed by atoms with Gasteiger partial charge in [-0.25, -0.2) is 14.1 Å². The van der Waals surface area contributed by atoms with E-state index in [1.165, 1.54) is 12.4 Å². The Morgan fingerprint density at radius 2 is 2.13 bits per heavy atom. The zero-order valence-electron chi connectivity index (χ0n) is 12.6. The van der Waals surface area contributed by atoms with Gasteiger partial charge in [0.25, 0.3) is 5.69 Å². The van der Waals surface area contributed by atoms with E-state index in [0.29, 0.717) is 30.5 Å². The Morgan fingerprint density at radius 3 is 2.83 bits per heavy atom. The van der Waals surface area contributed by atoms with E-state index in [9.17, 15) is 14.5 Å². The topological polar surface area (TPSA) is 77.1 Å². The highest BCUT2D eigenvalue weighted by atomic mass is 19.1. The van der Waals surface area contributed by atoms with E-state index in [0.717, 1.165) is 12.8 Å². The van der Waals surface area contributed by atoms with Crippen LogP contribution in [0.1, 0.15) is 24.2 Å². The van der Waals surface area contributed by atoms with Crippen LogP contribution >= 0.6 is 0 Å². The first kappa shape index (κ1) is 15.5. The van der Waals surface area contributed by atoms with Crippen molar-refractivity contribution in [3.05, 3.63) is 52.1 Å². The molecule has 0 amide bonds. The maximum absolute atomic E-state index is 12.6. The first-order valence-electron chi connectivity index (χ1n) is 7.58. The first-order valence-corrected chi connectivity index (χ1v) is 7.58. The highest BCUT2D eigenvalue weighted by Crippen LogP contribution is 2.31. The third-order valence-corrected chi connectivity index (χ3v) is 3.96. The van der Waals surface area contributed by atoms with Crippen LogP contribution in [-0.4, -0.2) is 37.3 Å². The molecule has 0 aliphatic heterocycles. The maximum atomic E-state index is 12.6. The lowest BCUT2D eigenvalue weighted by molar-refractivity contribution is -0.385. The van der Waals surface area contributed by atoms with Gasteiger partial charge in [0.05, 0.1) is 18.0 Å². The molecule has 7 nitrogen and oxygen atoms in total. The average Bonchev–Trinajstić information content (AvgIpc) is 3.30. The summed E-state index contributed by atoms with van der Waals surface area (Å²) >= 11 is 0. The number of nitrogens with zero attached hydrogens (tertiary/aromatic N) is 5. The zero-order chi connectivity index (χ0) is 16.2. The lowest BCUT2D eigenvalue weighted by Gasteiger charge is -2.21. The highest BCUT2D eigenvalue weighted by Gasteiger charge is 2.31. The predicted molar refractivity (Wildman–Crippen MR) is 81.4 cm³/mol. The maximum Gasteiger partial charge on any atom is 0.273 e. The van der Waals surface area contributed by atoms with Gasteiger partial charge in [0.1, 0.15) is 18.8 Å². The monoisotopic (exact) mass is 319 g/mol. The van der Waals surface area contributed by atoms with Gasteiger partial charge in [-0.05, 0) is 12.8 Å². The number of aryl methyl sites for hydroxylation is 1. The number of nitro benzene ring substituents is 1. The molecule has 1 aliphatic rings.